The molecule has 0 radical (unpaired) electrons. The second kappa shape index (κ2) is 8.26. The molecule has 0 aromatic heterocycles. The van der Waals surface area contributed by atoms with Gasteiger partial charge in [0.1, 0.15) is 24.4 Å². The molecule has 2 heterocycles. The number of hydrogen-bond acceptors (Lipinski definition) is 7. The highest BCUT2D eigenvalue weighted by molar-refractivity contribution is 5.73. The van der Waals surface area contributed by atoms with Crippen molar-refractivity contribution >= 4 is 5.97 Å². The van der Waals surface area contributed by atoms with Gasteiger partial charge in [-0.2, -0.15) is 5.11 Å². The monoisotopic (exact) mass is 383 g/mol. The van der Waals surface area contributed by atoms with Gasteiger partial charge in [0.25, 0.3) is 0 Å². The summed E-state index contributed by atoms with van der Waals surface area (Å²) in [5.74, 6) is -1.36. The largest absolute Gasteiger partial charge is 0.479 e. The topological polar surface area (TPSA) is 113 Å². The van der Waals surface area contributed by atoms with E-state index in [4.69, 9.17) is 14.2 Å². The molecule has 148 valence electrons. The molecule has 0 bridgehead atoms. The number of aliphatic hydroxyl groups is 1. The fraction of sp³-hybridized carbons (Fsp3) is 0.588. The molecule has 3 rings (SSSR count). The molecule has 10 heteroatoms. The Balaban J connectivity index is 1.93. The van der Waals surface area contributed by atoms with E-state index in [2.05, 4.69) is 10.3 Å². The summed E-state index contributed by atoms with van der Waals surface area (Å²) in [5.41, 5.74) is 0.738. The molecular formula is C17H22FN3O6. The van der Waals surface area contributed by atoms with E-state index in [1.165, 1.54) is 14.0 Å². The van der Waals surface area contributed by atoms with Crippen LogP contribution in [0, 0.1) is 0 Å². The number of hydrogen-bond donors (Lipinski definition) is 2. The van der Waals surface area contributed by atoms with Crippen molar-refractivity contribution in [3.05, 3.63) is 35.9 Å². The molecule has 2 fully saturated rings. The van der Waals surface area contributed by atoms with Gasteiger partial charge < -0.3 is 24.4 Å². The first-order valence-corrected chi connectivity index (χ1v) is 8.54. The molecule has 0 aliphatic carbocycles. The lowest BCUT2D eigenvalue weighted by Gasteiger charge is -2.49. The summed E-state index contributed by atoms with van der Waals surface area (Å²) in [7, 11) is 1.35. The second-order valence-electron chi connectivity index (χ2n) is 6.33. The van der Waals surface area contributed by atoms with Crippen LogP contribution in [0.2, 0.25) is 0 Å². The Morgan fingerprint density at radius 3 is 2.63 bits per heavy atom. The lowest BCUT2D eigenvalue weighted by molar-refractivity contribution is -0.321. The maximum atomic E-state index is 14.2. The lowest BCUT2D eigenvalue weighted by Crippen LogP contribution is -2.68. The molecule has 0 spiro atoms. The highest BCUT2D eigenvalue weighted by Crippen LogP contribution is 2.37. The average Bonchev–Trinajstić information content (AvgIpc) is 2.66. The van der Waals surface area contributed by atoms with Gasteiger partial charge in [-0.25, -0.2) is 14.2 Å². The second-order valence-corrected chi connectivity index (χ2v) is 6.33. The number of halogens is 1. The van der Waals surface area contributed by atoms with Gasteiger partial charge >= 0.3 is 5.97 Å². The summed E-state index contributed by atoms with van der Waals surface area (Å²) in [6, 6.07) is 7.97. The molecule has 27 heavy (non-hydrogen) atoms. The van der Waals surface area contributed by atoms with E-state index in [1.54, 1.807) is 0 Å². The summed E-state index contributed by atoms with van der Waals surface area (Å²) in [6.07, 6.45) is -7.23. The minimum absolute atomic E-state index is 0.0228. The van der Waals surface area contributed by atoms with Crippen molar-refractivity contribution in [1.82, 2.24) is 5.01 Å². The van der Waals surface area contributed by atoms with Crippen LogP contribution in [-0.2, 0) is 19.0 Å². The van der Waals surface area contributed by atoms with Gasteiger partial charge in [0.2, 0.25) is 0 Å². The zero-order valence-electron chi connectivity index (χ0n) is 14.9. The number of aliphatic carboxylic acids is 1. The highest BCUT2D eigenvalue weighted by atomic mass is 19.1. The number of aliphatic hydroxyl groups excluding tert-OH is 1. The van der Waals surface area contributed by atoms with E-state index in [9.17, 15) is 19.4 Å². The number of rotatable bonds is 5. The Morgan fingerprint density at radius 2 is 2.04 bits per heavy atom. The Kier molecular flexibility index (Phi) is 6.00. The number of carboxylic acids is 1. The van der Waals surface area contributed by atoms with E-state index < -0.39 is 49.0 Å². The third-order valence-electron chi connectivity index (χ3n) is 4.55. The SMILES string of the molecule is C/N=N\N(C(C)F)[C@@H]1[C@@H](O)[C@H](C(=O)O)O[C@@H]2CO[C@H](c3ccccc3)O[C@H]12. The zero-order chi connectivity index (χ0) is 19.6. The molecule has 1 unspecified atom stereocenters. The van der Waals surface area contributed by atoms with Crippen molar-refractivity contribution < 1.29 is 33.6 Å². The smallest absolute Gasteiger partial charge is 0.335 e. The Hall–Kier alpha value is -2.14. The van der Waals surface area contributed by atoms with Crippen molar-refractivity contribution in [2.75, 3.05) is 13.7 Å². The van der Waals surface area contributed by atoms with Crippen LogP contribution in [0.5, 0.6) is 0 Å². The standard InChI is InChI=1S/C17H22FN3O6/c1-9(18)21(20-19-2)12-13(22)15(16(23)24)26-11-8-25-17(27-14(11)12)10-6-4-3-5-7-10/h3-7,9,11-15,17,22H,8H2,1-2H3,(H,23,24)/b20-19-/t9?,11-,12-,13-,14+,15-,17+/m1/s1. The van der Waals surface area contributed by atoms with E-state index in [0.29, 0.717) is 0 Å². The molecule has 2 aliphatic rings. The van der Waals surface area contributed by atoms with Crippen molar-refractivity contribution in [3.63, 3.8) is 0 Å². The van der Waals surface area contributed by atoms with Crippen molar-refractivity contribution in [2.24, 2.45) is 10.3 Å². The molecule has 0 saturated carbocycles. The van der Waals surface area contributed by atoms with Crippen LogP contribution in [0.25, 0.3) is 0 Å². The number of carbonyl (C=O) groups is 1. The molecule has 2 saturated heterocycles. The van der Waals surface area contributed by atoms with E-state index >= 15 is 0 Å². The Morgan fingerprint density at radius 1 is 1.33 bits per heavy atom. The van der Waals surface area contributed by atoms with E-state index in [-0.39, 0.29) is 6.61 Å². The van der Waals surface area contributed by atoms with Crippen LogP contribution >= 0.6 is 0 Å². The summed E-state index contributed by atoms with van der Waals surface area (Å²) in [4.78, 5) is 11.5. The zero-order valence-corrected chi connectivity index (χ0v) is 14.9. The van der Waals surface area contributed by atoms with Gasteiger partial charge in [-0.1, -0.05) is 35.6 Å². The number of nitrogens with zero attached hydrogens (tertiary/aromatic N) is 3. The van der Waals surface area contributed by atoms with Gasteiger partial charge in [-0.15, -0.1) is 0 Å². The number of benzene rings is 1. The minimum Gasteiger partial charge on any atom is -0.479 e. The molecule has 2 N–H and O–H groups in total. The molecule has 1 aromatic rings. The first-order valence-electron chi connectivity index (χ1n) is 8.54. The van der Waals surface area contributed by atoms with Gasteiger partial charge in [-0.05, 0) is 6.92 Å². The molecule has 7 atom stereocenters. The summed E-state index contributed by atoms with van der Waals surface area (Å²) in [6.45, 7) is 1.24. The van der Waals surface area contributed by atoms with Crippen LogP contribution in [0.1, 0.15) is 18.8 Å². The predicted molar refractivity (Wildman–Crippen MR) is 89.3 cm³/mol. The fourth-order valence-electron chi connectivity index (χ4n) is 3.37. The molecular weight excluding hydrogens is 361 g/mol. The molecule has 9 nitrogen and oxygen atoms in total. The van der Waals surface area contributed by atoms with Crippen molar-refractivity contribution in [2.45, 2.75) is 50.0 Å². The van der Waals surface area contributed by atoms with E-state index in [1.807, 2.05) is 30.3 Å². The quantitative estimate of drug-likeness (QED) is 0.448. The number of fused-ring (bicyclic) bond motifs is 1. The van der Waals surface area contributed by atoms with Crippen LogP contribution in [0.4, 0.5) is 4.39 Å². The average molecular weight is 383 g/mol. The van der Waals surface area contributed by atoms with Crippen LogP contribution in [0.15, 0.2) is 40.7 Å². The lowest BCUT2D eigenvalue weighted by atomic mass is 9.91. The number of ether oxygens (including phenoxy) is 3. The predicted octanol–water partition coefficient (Wildman–Crippen LogP) is 1.30. The van der Waals surface area contributed by atoms with Crippen molar-refractivity contribution in [1.29, 1.82) is 0 Å². The highest BCUT2D eigenvalue weighted by Gasteiger charge is 2.54. The maximum Gasteiger partial charge on any atom is 0.335 e. The van der Waals surface area contributed by atoms with Gasteiger partial charge in [0.15, 0.2) is 18.7 Å². The van der Waals surface area contributed by atoms with Crippen LogP contribution in [-0.4, -0.2) is 71.6 Å². The Labute approximate surface area is 155 Å². The van der Waals surface area contributed by atoms with Gasteiger partial charge in [-0.3, -0.25) is 0 Å². The van der Waals surface area contributed by atoms with E-state index in [0.717, 1.165) is 10.6 Å². The first-order chi connectivity index (χ1) is 12.9. The fourth-order valence-corrected chi connectivity index (χ4v) is 3.37. The maximum absolute atomic E-state index is 14.2. The van der Waals surface area contributed by atoms with Gasteiger partial charge in [0.05, 0.1) is 13.7 Å². The number of alkyl halides is 1. The van der Waals surface area contributed by atoms with Crippen LogP contribution in [0.3, 0.4) is 0 Å². The first kappa shape index (κ1) is 19.6. The molecule has 0 amide bonds. The third kappa shape index (κ3) is 3.93. The minimum atomic E-state index is -1.64. The normalized spacial score (nSPS) is 34.8. The summed E-state index contributed by atoms with van der Waals surface area (Å²) >= 11 is 0. The third-order valence-corrected chi connectivity index (χ3v) is 4.55. The number of carboxylic acid groups (broad SMARTS) is 1. The van der Waals surface area contributed by atoms with Crippen LogP contribution < -0.4 is 0 Å². The Bertz CT molecular complexity index is 676. The molecule has 1 aromatic carbocycles. The molecule has 2 aliphatic heterocycles. The van der Waals surface area contributed by atoms with Gasteiger partial charge in [0, 0.05) is 5.56 Å². The summed E-state index contributed by atoms with van der Waals surface area (Å²) in [5, 5.41) is 28.2. The summed E-state index contributed by atoms with van der Waals surface area (Å²) < 4.78 is 31.3. The van der Waals surface area contributed by atoms with Crippen molar-refractivity contribution in [3.8, 4) is 0 Å².